The van der Waals surface area contributed by atoms with Crippen molar-refractivity contribution in [2.24, 2.45) is 0 Å². The predicted molar refractivity (Wildman–Crippen MR) is 339 cm³/mol. The lowest BCUT2D eigenvalue weighted by Crippen LogP contribution is -2.28. The number of ether oxygens (including phenoxy) is 2. The molecule has 0 bridgehead atoms. The molecule has 2 heteroatoms. The Balaban J connectivity index is 0.873. The summed E-state index contributed by atoms with van der Waals surface area (Å²) >= 11 is 0. The highest BCUT2D eigenvalue weighted by Gasteiger charge is 2.46. The average Bonchev–Trinajstić information content (AvgIpc) is 3.90. The van der Waals surface area contributed by atoms with Crippen LogP contribution in [0, 0.1) is 0 Å². The Morgan fingerprint density at radius 3 is 0.753 bits per heavy atom. The van der Waals surface area contributed by atoms with Gasteiger partial charge in [-0.15, -0.1) is 0 Å². The summed E-state index contributed by atoms with van der Waals surface area (Å²) in [5.41, 5.74) is 21.0. The summed E-state index contributed by atoms with van der Waals surface area (Å²) in [5.74, 6) is 1.63. The van der Waals surface area contributed by atoms with Crippen LogP contribution in [0.15, 0.2) is 291 Å². The first-order valence-corrected chi connectivity index (χ1v) is 27.9. The van der Waals surface area contributed by atoms with Crippen molar-refractivity contribution in [3.05, 3.63) is 313 Å². The Hall–Kier alpha value is -10.3. The Kier molecular flexibility index (Phi) is 11.6. The summed E-state index contributed by atoms with van der Waals surface area (Å²) in [7, 11) is 3.47. The Labute approximate surface area is 472 Å². The fraction of sp³-hybridized carbons (Fsp3) is 0.0380. The Morgan fingerprint density at radius 1 is 0.222 bits per heavy atom. The summed E-state index contributed by atoms with van der Waals surface area (Å²) in [6, 6.07) is 107. The van der Waals surface area contributed by atoms with E-state index in [0.29, 0.717) is 0 Å². The van der Waals surface area contributed by atoms with Crippen LogP contribution in [-0.4, -0.2) is 14.2 Å². The van der Waals surface area contributed by atoms with E-state index in [1.165, 1.54) is 110 Å². The quantitative estimate of drug-likeness (QED) is 0.127. The molecule has 0 heterocycles. The molecule has 0 fully saturated rings. The summed E-state index contributed by atoms with van der Waals surface area (Å²) in [6.45, 7) is 0. The number of hydrogen-bond acceptors (Lipinski definition) is 2. The van der Waals surface area contributed by atoms with Crippen molar-refractivity contribution in [2.75, 3.05) is 14.2 Å². The molecule has 0 saturated heterocycles. The molecule has 0 spiro atoms. The van der Waals surface area contributed by atoms with Crippen LogP contribution < -0.4 is 9.47 Å². The fourth-order valence-electron chi connectivity index (χ4n) is 13.5. The molecular formula is C79H54O2. The SMILES string of the molecule is COc1ccc(C2(c3ccc(OC)cc3)c3cc(-c4ccc(-c5c6ccccc6c(-c6ccccc6)c6ccccc56)cc4)ccc3-c3ccc(-c4ccc(-c5c6ccccc6c(-c6ccccc6)c6ccccc56)cc4)cc32)cc1. The van der Waals surface area contributed by atoms with Crippen molar-refractivity contribution in [1.82, 2.24) is 0 Å². The molecule has 0 radical (unpaired) electrons. The fourth-order valence-corrected chi connectivity index (χ4v) is 13.5. The van der Waals surface area contributed by atoms with Crippen molar-refractivity contribution in [2.45, 2.75) is 5.41 Å². The molecule has 382 valence electrons. The maximum absolute atomic E-state index is 5.81. The smallest absolute Gasteiger partial charge is 0.118 e. The maximum atomic E-state index is 5.81. The van der Waals surface area contributed by atoms with Gasteiger partial charge in [0, 0.05) is 0 Å². The Morgan fingerprint density at radius 2 is 0.469 bits per heavy atom. The van der Waals surface area contributed by atoms with Gasteiger partial charge in [-0.3, -0.25) is 0 Å². The van der Waals surface area contributed by atoms with Gasteiger partial charge in [0.2, 0.25) is 0 Å². The lowest BCUT2D eigenvalue weighted by Gasteiger charge is -2.34. The molecule has 1 aliphatic carbocycles. The second kappa shape index (κ2) is 19.6. The van der Waals surface area contributed by atoms with Crippen LogP contribution in [0.4, 0.5) is 0 Å². The average molecular weight is 1040 g/mol. The Bertz CT molecular complexity index is 4290. The second-order valence-corrected chi connectivity index (χ2v) is 21.3. The van der Waals surface area contributed by atoms with Gasteiger partial charge in [0.05, 0.1) is 19.6 Å². The molecule has 0 N–H and O–H groups in total. The molecule has 1 aliphatic rings. The standard InChI is InChI=1S/C79H54O2/c1-80-61-43-39-59(40-44-61)79(60-41-45-62(81-2)46-42-60)73-49-57(51-29-33-55(34-30-51)77-69-25-13-9-21-65(69)75(53-17-5-3-6-18-53)66-22-10-14-26-70(66)77)37-47-63(73)64-48-38-58(50-74(64)79)52-31-35-56(36-32-52)78-71-27-15-11-23-67(71)76(54-19-7-4-8-20-54)68-24-12-16-28-72(68)78/h3-50H,1-2H3. The third-order valence-corrected chi connectivity index (χ3v) is 17.2. The highest BCUT2D eigenvalue weighted by Crippen LogP contribution is 2.58. The van der Waals surface area contributed by atoms with Crippen LogP contribution in [0.25, 0.3) is 121 Å². The molecule has 0 unspecified atom stereocenters. The largest absolute Gasteiger partial charge is 0.497 e. The van der Waals surface area contributed by atoms with E-state index < -0.39 is 5.41 Å². The topological polar surface area (TPSA) is 18.5 Å². The highest BCUT2D eigenvalue weighted by atomic mass is 16.5. The molecule has 81 heavy (non-hydrogen) atoms. The van der Waals surface area contributed by atoms with Gasteiger partial charge in [-0.1, -0.05) is 255 Å². The van der Waals surface area contributed by atoms with Crippen molar-refractivity contribution >= 4 is 43.1 Å². The van der Waals surface area contributed by atoms with Crippen LogP contribution in [0.3, 0.4) is 0 Å². The molecule has 0 saturated carbocycles. The lowest BCUT2D eigenvalue weighted by atomic mass is 9.67. The minimum absolute atomic E-state index is 0.703. The second-order valence-electron chi connectivity index (χ2n) is 21.3. The van der Waals surface area contributed by atoms with Gasteiger partial charge in [-0.25, -0.2) is 0 Å². The predicted octanol–water partition coefficient (Wildman–Crippen LogP) is 20.7. The molecule has 0 aliphatic heterocycles. The molecule has 15 rings (SSSR count). The van der Waals surface area contributed by atoms with Gasteiger partial charge >= 0.3 is 0 Å². The first-order chi connectivity index (χ1) is 40.1. The summed E-state index contributed by atoms with van der Waals surface area (Å²) in [4.78, 5) is 0. The monoisotopic (exact) mass is 1030 g/mol. The minimum atomic E-state index is -0.703. The van der Waals surface area contributed by atoms with Crippen LogP contribution in [0.2, 0.25) is 0 Å². The van der Waals surface area contributed by atoms with Crippen LogP contribution in [0.5, 0.6) is 11.5 Å². The van der Waals surface area contributed by atoms with Crippen LogP contribution >= 0.6 is 0 Å². The van der Waals surface area contributed by atoms with E-state index in [1.54, 1.807) is 14.2 Å². The van der Waals surface area contributed by atoms with Crippen LogP contribution in [0.1, 0.15) is 22.3 Å². The van der Waals surface area contributed by atoms with Gasteiger partial charge in [0.1, 0.15) is 11.5 Å². The van der Waals surface area contributed by atoms with Gasteiger partial charge in [0.15, 0.2) is 0 Å². The molecule has 0 amide bonds. The summed E-state index contributed by atoms with van der Waals surface area (Å²) in [5, 5.41) is 9.98. The zero-order valence-corrected chi connectivity index (χ0v) is 45.0. The van der Waals surface area contributed by atoms with Crippen molar-refractivity contribution in [3.8, 4) is 89.4 Å². The van der Waals surface area contributed by atoms with Crippen molar-refractivity contribution in [1.29, 1.82) is 0 Å². The summed E-state index contributed by atoms with van der Waals surface area (Å²) < 4.78 is 11.6. The molecule has 14 aromatic carbocycles. The highest BCUT2D eigenvalue weighted by molar-refractivity contribution is 6.23. The van der Waals surface area contributed by atoms with E-state index in [1.807, 2.05) is 0 Å². The zero-order chi connectivity index (χ0) is 54.0. The third-order valence-electron chi connectivity index (χ3n) is 17.2. The lowest BCUT2D eigenvalue weighted by molar-refractivity contribution is 0.414. The number of benzene rings is 14. The molecule has 0 atom stereocenters. The summed E-state index contributed by atoms with van der Waals surface area (Å²) in [6.07, 6.45) is 0. The first-order valence-electron chi connectivity index (χ1n) is 27.9. The van der Waals surface area contributed by atoms with Gasteiger partial charge in [-0.05, 0) is 180 Å². The van der Waals surface area contributed by atoms with Crippen LogP contribution in [-0.2, 0) is 5.41 Å². The maximum Gasteiger partial charge on any atom is 0.118 e. The number of methoxy groups -OCH3 is 2. The first kappa shape index (κ1) is 47.9. The van der Waals surface area contributed by atoms with E-state index in [-0.39, 0.29) is 0 Å². The normalized spacial score (nSPS) is 12.4. The van der Waals surface area contributed by atoms with E-state index in [0.717, 1.165) is 44.9 Å². The van der Waals surface area contributed by atoms with E-state index in [4.69, 9.17) is 9.47 Å². The minimum Gasteiger partial charge on any atom is -0.497 e. The molecular weight excluding hydrogens is 981 g/mol. The molecule has 2 nitrogen and oxygen atoms in total. The van der Waals surface area contributed by atoms with Gasteiger partial charge in [-0.2, -0.15) is 0 Å². The zero-order valence-electron chi connectivity index (χ0n) is 45.0. The van der Waals surface area contributed by atoms with E-state index in [9.17, 15) is 0 Å². The van der Waals surface area contributed by atoms with Gasteiger partial charge < -0.3 is 9.47 Å². The van der Waals surface area contributed by atoms with E-state index in [2.05, 4.69) is 291 Å². The number of rotatable bonds is 10. The van der Waals surface area contributed by atoms with Crippen molar-refractivity contribution < 1.29 is 9.47 Å². The number of hydrogen-bond donors (Lipinski definition) is 0. The van der Waals surface area contributed by atoms with E-state index >= 15 is 0 Å². The van der Waals surface area contributed by atoms with Crippen molar-refractivity contribution in [3.63, 3.8) is 0 Å². The number of fused-ring (bicyclic) bond motifs is 7. The molecule has 0 aromatic heterocycles. The third kappa shape index (κ3) is 7.70. The van der Waals surface area contributed by atoms with Gasteiger partial charge in [0.25, 0.3) is 0 Å². The molecule has 14 aromatic rings.